The molecule has 0 radical (unpaired) electrons. The van der Waals surface area contributed by atoms with Gasteiger partial charge in [-0.15, -0.1) is 0 Å². The summed E-state index contributed by atoms with van der Waals surface area (Å²) in [7, 11) is 1.15. The molecule has 4 N–H and O–H groups in total. The topological polar surface area (TPSA) is 160 Å². The number of ether oxygens (including phenoxy) is 3. The predicted octanol–water partition coefficient (Wildman–Crippen LogP) is 4.90. The van der Waals surface area contributed by atoms with Crippen LogP contribution in [0.3, 0.4) is 0 Å². The van der Waals surface area contributed by atoms with Crippen molar-refractivity contribution < 1.29 is 37.1 Å². The van der Waals surface area contributed by atoms with Gasteiger partial charge in [0.2, 0.25) is 11.6 Å². The first-order valence-electron chi connectivity index (χ1n) is 12.9. The fraction of sp³-hybridized carbons (Fsp3) is 0.133. The van der Waals surface area contributed by atoms with Crippen molar-refractivity contribution in [2.75, 3.05) is 20.7 Å². The number of hydrogen-bond donors (Lipinski definition) is 3. The number of halogens is 2. The summed E-state index contributed by atoms with van der Waals surface area (Å²) in [5.41, 5.74) is 6.14. The summed E-state index contributed by atoms with van der Waals surface area (Å²) in [6.07, 6.45) is 1.70. The van der Waals surface area contributed by atoms with E-state index in [2.05, 4.69) is 9.98 Å². The summed E-state index contributed by atoms with van der Waals surface area (Å²) in [6, 6.07) is 14.4. The minimum absolute atomic E-state index is 0.000669. The number of amidine groups is 1. The molecule has 226 valence electrons. The second-order valence-corrected chi connectivity index (χ2v) is 10.9. The van der Waals surface area contributed by atoms with E-state index >= 15 is 4.39 Å². The van der Waals surface area contributed by atoms with Crippen molar-refractivity contribution in [3.05, 3.63) is 95.2 Å². The van der Waals surface area contributed by atoms with E-state index in [0.29, 0.717) is 18.3 Å². The molecule has 2 atom stereocenters. The maximum absolute atomic E-state index is 15.6. The first-order valence-corrected chi connectivity index (χ1v) is 14.1. The number of nitrogen functional groups attached to an aromatic ring is 1. The number of benzene rings is 3. The average molecular weight is 622 g/mol. The van der Waals surface area contributed by atoms with Crippen molar-refractivity contribution in [2.24, 2.45) is 10.7 Å². The van der Waals surface area contributed by atoms with E-state index in [0.717, 1.165) is 0 Å². The summed E-state index contributed by atoms with van der Waals surface area (Å²) >= 11 is 0. The molecule has 2 unspecified atom stereocenters. The highest BCUT2D eigenvalue weighted by atomic mass is 32.2. The number of nitrogens with two attached hydrogens (primary N) is 1. The van der Waals surface area contributed by atoms with Crippen molar-refractivity contribution >= 4 is 28.8 Å². The number of aromatic nitrogens is 1. The quantitative estimate of drug-likeness (QED) is 0.134. The Labute approximate surface area is 252 Å². The van der Waals surface area contributed by atoms with E-state index in [1.807, 2.05) is 4.90 Å². The zero-order valence-corrected chi connectivity index (χ0v) is 24.1. The zero-order valence-electron chi connectivity index (χ0n) is 23.3. The van der Waals surface area contributed by atoms with Gasteiger partial charge >= 0.3 is 5.97 Å². The van der Waals surface area contributed by atoms with Gasteiger partial charge in [-0.3, -0.25) is 15.3 Å². The van der Waals surface area contributed by atoms with Gasteiger partial charge in [0.25, 0.3) is 5.88 Å². The lowest BCUT2D eigenvalue weighted by Crippen LogP contribution is -2.19. The van der Waals surface area contributed by atoms with Crippen molar-refractivity contribution in [1.82, 2.24) is 9.88 Å². The van der Waals surface area contributed by atoms with Crippen LogP contribution in [0.25, 0.3) is 0 Å². The molecule has 14 heteroatoms. The van der Waals surface area contributed by atoms with Gasteiger partial charge in [0.05, 0.1) is 34.6 Å². The Hall–Kier alpha value is -5.21. The van der Waals surface area contributed by atoms with Gasteiger partial charge in [-0.05, 0) is 55.6 Å². The maximum atomic E-state index is 15.6. The van der Waals surface area contributed by atoms with Crippen LogP contribution in [-0.4, -0.2) is 57.9 Å². The number of pyridine rings is 1. The van der Waals surface area contributed by atoms with E-state index in [-0.39, 0.29) is 38.3 Å². The molecule has 44 heavy (non-hydrogen) atoms. The molecule has 5 rings (SSSR count). The first kappa shape index (κ1) is 30.3. The summed E-state index contributed by atoms with van der Waals surface area (Å²) in [5, 5.41) is 17.7. The third kappa shape index (κ3) is 5.98. The van der Waals surface area contributed by atoms with Crippen LogP contribution >= 0.6 is 0 Å². The summed E-state index contributed by atoms with van der Waals surface area (Å²) in [4.78, 5) is 22.7. The average Bonchev–Trinajstić information content (AvgIpc) is 3.46. The standard InChI is InChI=1S/C30H25F2N5O6S/c1-37-12-11-35-28(37)19-14-17(44(40)24-6-4-3-5-18(24)30(39)41-2)8-10-22(19)42-26-20(31)15-36-29(25(26)32)43-23-13-16(27(33)34)7-9-21(23)38/h3-11,13-15,28,38H,12H2,1-2H3,(H3,33,34). The lowest BCUT2D eigenvalue weighted by Gasteiger charge is -2.22. The van der Waals surface area contributed by atoms with Gasteiger partial charge in [0, 0.05) is 28.8 Å². The zero-order chi connectivity index (χ0) is 31.5. The Morgan fingerprint density at radius 1 is 1.11 bits per heavy atom. The highest BCUT2D eigenvalue weighted by Crippen LogP contribution is 2.40. The van der Waals surface area contributed by atoms with Gasteiger partial charge in [-0.25, -0.2) is 18.4 Å². The predicted molar refractivity (Wildman–Crippen MR) is 156 cm³/mol. The van der Waals surface area contributed by atoms with E-state index in [9.17, 15) is 18.5 Å². The third-order valence-electron chi connectivity index (χ3n) is 6.59. The molecule has 1 aliphatic rings. The molecule has 0 saturated heterocycles. The molecule has 1 aliphatic heterocycles. The number of rotatable bonds is 9. The number of nitrogens with zero attached hydrogens (tertiary/aromatic N) is 3. The smallest absolute Gasteiger partial charge is 0.339 e. The molecule has 2 heterocycles. The molecular weight excluding hydrogens is 596 g/mol. The number of nitrogens with one attached hydrogen (secondary N) is 1. The van der Waals surface area contributed by atoms with Gasteiger partial charge in [-0.1, -0.05) is 12.1 Å². The van der Waals surface area contributed by atoms with Gasteiger partial charge in [0.1, 0.15) is 17.8 Å². The van der Waals surface area contributed by atoms with Gasteiger partial charge in [-0.2, -0.15) is 4.39 Å². The van der Waals surface area contributed by atoms with E-state index < -0.39 is 51.9 Å². The van der Waals surface area contributed by atoms with E-state index in [1.54, 1.807) is 31.5 Å². The molecule has 1 aromatic heterocycles. The molecule has 0 bridgehead atoms. The second kappa shape index (κ2) is 12.6. The maximum Gasteiger partial charge on any atom is 0.339 e. The number of aliphatic imine (C=N–C) groups is 1. The first-order chi connectivity index (χ1) is 21.1. The third-order valence-corrected chi connectivity index (χ3v) is 8.03. The Kier molecular flexibility index (Phi) is 8.64. The van der Waals surface area contributed by atoms with Crippen LogP contribution in [-0.2, 0) is 15.5 Å². The second-order valence-electron chi connectivity index (χ2n) is 9.46. The largest absolute Gasteiger partial charge is 0.504 e. The van der Waals surface area contributed by atoms with Crippen LogP contribution < -0.4 is 15.2 Å². The Bertz CT molecular complexity index is 1840. The number of aromatic hydroxyl groups is 1. The molecule has 11 nitrogen and oxygen atoms in total. The van der Waals surface area contributed by atoms with Crippen molar-refractivity contribution in [2.45, 2.75) is 16.0 Å². The molecule has 0 amide bonds. The lowest BCUT2D eigenvalue weighted by molar-refractivity contribution is 0.0596. The number of phenolic OH excluding ortho intramolecular Hbond substituents is 1. The number of carbonyl (C=O) groups is 1. The molecule has 0 saturated carbocycles. The summed E-state index contributed by atoms with van der Waals surface area (Å²) < 4.78 is 60.2. The van der Waals surface area contributed by atoms with Crippen molar-refractivity contribution in [1.29, 1.82) is 5.41 Å². The lowest BCUT2D eigenvalue weighted by atomic mass is 10.1. The fourth-order valence-corrected chi connectivity index (χ4v) is 5.59. The van der Waals surface area contributed by atoms with E-state index in [4.69, 9.17) is 25.4 Å². The molecule has 0 fully saturated rings. The normalized spacial score (nSPS) is 15.1. The van der Waals surface area contributed by atoms with Crippen LogP contribution in [0.1, 0.15) is 27.7 Å². The minimum Gasteiger partial charge on any atom is -0.504 e. The Morgan fingerprint density at radius 2 is 1.89 bits per heavy atom. The number of hydrogen-bond acceptors (Lipinski definition) is 10. The van der Waals surface area contributed by atoms with E-state index in [1.165, 1.54) is 49.6 Å². The van der Waals surface area contributed by atoms with Crippen LogP contribution in [0.4, 0.5) is 8.78 Å². The Balaban J connectivity index is 1.54. The highest BCUT2D eigenvalue weighted by Gasteiger charge is 2.28. The highest BCUT2D eigenvalue weighted by molar-refractivity contribution is 7.85. The monoisotopic (exact) mass is 621 g/mol. The molecule has 3 aromatic carbocycles. The number of carbonyl (C=O) groups excluding carboxylic acids is 1. The minimum atomic E-state index is -1.85. The molecule has 0 spiro atoms. The Morgan fingerprint density at radius 3 is 2.59 bits per heavy atom. The van der Waals surface area contributed by atoms with Crippen molar-refractivity contribution in [3.63, 3.8) is 0 Å². The number of esters is 1. The van der Waals surface area contributed by atoms with Crippen LogP contribution in [0.15, 0.2) is 81.6 Å². The van der Waals surface area contributed by atoms with Crippen LogP contribution in [0.5, 0.6) is 28.9 Å². The fourth-order valence-electron chi connectivity index (χ4n) is 4.35. The van der Waals surface area contributed by atoms with Crippen molar-refractivity contribution in [3.8, 4) is 28.9 Å². The summed E-state index contributed by atoms with van der Waals surface area (Å²) in [6.45, 7) is 0.474. The molecule has 0 aliphatic carbocycles. The molecular formula is C30H25F2N5O6S. The molecule has 4 aromatic rings. The van der Waals surface area contributed by atoms with Crippen LogP contribution in [0, 0.1) is 17.0 Å². The number of methoxy groups -OCH3 is 1. The SMILES string of the molecule is COC(=O)c1ccccc1S(=O)c1ccc(Oc2c(F)cnc(Oc3cc(C(=N)N)ccc3O)c2F)c(C2N=CCN2C)c1. The summed E-state index contributed by atoms with van der Waals surface area (Å²) in [5.74, 6) is -5.68. The number of phenols is 1. The van der Waals surface area contributed by atoms with Gasteiger partial charge in [0.15, 0.2) is 17.3 Å². The van der Waals surface area contributed by atoms with Crippen LogP contribution in [0.2, 0.25) is 0 Å². The van der Waals surface area contributed by atoms with Gasteiger partial charge < -0.3 is 25.1 Å².